The van der Waals surface area contributed by atoms with Crippen LogP contribution in [0.15, 0.2) is 42.2 Å². The summed E-state index contributed by atoms with van der Waals surface area (Å²) in [4.78, 5) is 4.24. The number of hydrogen-bond donors (Lipinski definition) is 1. The van der Waals surface area contributed by atoms with Crippen molar-refractivity contribution in [2.45, 2.75) is 19.9 Å². The van der Waals surface area contributed by atoms with Crippen LogP contribution >= 0.6 is 0 Å². The summed E-state index contributed by atoms with van der Waals surface area (Å²) in [5.41, 5.74) is 8.14. The zero-order chi connectivity index (χ0) is 11.5. The Labute approximate surface area is 95.8 Å². The Morgan fingerprint density at radius 1 is 1.31 bits per heavy atom. The van der Waals surface area contributed by atoms with Gasteiger partial charge >= 0.3 is 0 Å². The van der Waals surface area contributed by atoms with Crippen LogP contribution in [0, 0.1) is 0 Å². The molecule has 0 amide bonds. The molecule has 1 atom stereocenters. The minimum Gasteiger partial charge on any atom is -0.324 e. The van der Waals surface area contributed by atoms with E-state index in [1.165, 1.54) is 5.39 Å². The van der Waals surface area contributed by atoms with E-state index in [9.17, 15) is 0 Å². The number of aromatic nitrogens is 1. The highest BCUT2D eigenvalue weighted by Crippen LogP contribution is 2.19. The Kier molecular flexibility index (Phi) is 3.02. The fourth-order valence-electron chi connectivity index (χ4n) is 1.63. The molecular weight excluding hydrogens is 196 g/mol. The lowest BCUT2D eigenvalue weighted by atomic mass is 10.0. The van der Waals surface area contributed by atoms with Gasteiger partial charge in [0.2, 0.25) is 0 Å². The third-order valence-corrected chi connectivity index (χ3v) is 2.80. The molecule has 0 aliphatic heterocycles. The summed E-state index contributed by atoms with van der Waals surface area (Å²) in [6.07, 6.45) is 5.88. The van der Waals surface area contributed by atoms with Gasteiger partial charge in [-0.05, 0) is 19.2 Å². The highest BCUT2D eigenvalue weighted by Gasteiger charge is 2.01. The van der Waals surface area contributed by atoms with Crippen LogP contribution in [-0.2, 0) is 0 Å². The summed E-state index contributed by atoms with van der Waals surface area (Å²) in [7, 11) is 0. The number of nitrogens with zero attached hydrogens (tertiary/aromatic N) is 1. The molecule has 2 N–H and O–H groups in total. The molecule has 1 unspecified atom stereocenters. The molecule has 0 spiro atoms. The fraction of sp³-hybridized carbons (Fsp3) is 0.214. The summed E-state index contributed by atoms with van der Waals surface area (Å²) in [5.74, 6) is 0. The third kappa shape index (κ3) is 2.12. The maximum Gasteiger partial charge on any atom is 0.0346 e. The van der Waals surface area contributed by atoms with E-state index in [0.717, 1.165) is 16.5 Å². The number of nitrogens with two attached hydrogens (primary N) is 1. The van der Waals surface area contributed by atoms with Gasteiger partial charge in [-0.3, -0.25) is 4.98 Å². The van der Waals surface area contributed by atoms with Crippen LogP contribution in [0.4, 0.5) is 0 Å². The SMILES string of the molecule is C/C(=C\c1cncc2ccccc12)C(C)N. The van der Waals surface area contributed by atoms with Crippen molar-refractivity contribution < 1.29 is 0 Å². The zero-order valence-corrected chi connectivity index (χ0v) is 9.64. The molecule has 0 saturated carbocycles. The van der Waals surface area contributed by atoms with Crippen LogP contribution in [0.5, 0.6) is 0 Å². The molecule has 2 aromatic rings. The molecule has 0 aliphatic carbocycles. The summed E-state index contributed by atoms with van der Waals surface area (Å²) >= 11 is 0. The molecule has 0 bridgehead atoms. The summed E-state index contributed by atoms with van der Waals surface area (Å²) in [6.45, 7) is 4.04. The molecule has 82 valence electrons. The standard InChI is InChI=1S/C14H16N2/c1-10(11(2)15)7-13-9-16-8-12-5-3-4-6-14(12)13/h3-9,11H,15H2,1-2H3/b10-7+. The van der Waals surface area contributed by atoms with Crippen molar-refractivity contribution in [1.82, 2.24) is 4.98 Å². The Balaban J connectivity index is 2.57. The van der Waals surface area contributed by atoms with Gasteiger partial charge in [-0.25, -0.2) is 0 Å². The Morgan fingerprint density at radius 2 is 2.06 bits per heavy atom. The lowest BCUT2D eigenvalue weighted by Gasteiger charge is -2.06. The highest BCUT2D eigenvalue weighted by atomic mass is 14.6. The van der Waals surface area contributed by atoms with Crippen molar-refractivity contribution in [2.24, 2.45) is 5.73 Å². The first-order chi connectivity index (χ1) is 7.68. The molecule has 0 saturated heterocycles. The lowest BCUT2D eigenvalue weighted by Crippen LogP contribution is -2.15. The molecule has 2 rings (SSSR count). The Bertz CT molecular complexity index is 522. The van der Waals surface area contributed by atoms with Crippen LogP contribution in [-0.4, -0.2) is 11.0 Å². The largest absolute Gasteiger partial charge is 0.324 e. The average molecular weight is 212 g/mol. The fourth-order valence-corrected chi connectivity index (χ4v) is 1.63. The molecule has 0 aliphatic rings. The predicted octanol–water partition coefficient (Wildman–Crippen LogP) is 2.99. The number of benzene rings is 1. The zero-order valence-electron chi connectivity index (χ0n) is 9.64. The van der Waals surface area contributed by atoms with Crippen molar-refractivity contribution in [3.63, 3.8) is 0 Å². The normalized spacial score (nSPS) is 14.1. The van der Waals surface area contributed by atoms with Crippen molar-refractivity contribution >= 4 is 16.8 Å². The second-order valence-electron chi connectivity index (χ2n) is 4.13. The van der Waals surface area contributed by atoms with E-state index < -0.39 is 0 Å². The Morgan fingerprint density at radius 3 is 2.81 bits per heavy atom. The van der Waals surface area contributed by atoms with Crippen LogP contribution in [0.25, 0.3) is 16.8 Å². The maximum absolute atomic E-state index is 5.84. The predicted molar refractivity (Wildman–Crippen MR) is 69.0 cm³/mol. The lowest BCUT2D eigenvalue weighted by molar-refractivity contribution is 0.868. The van der Waals surface area contributed by atoms with Gasteiger partial charge in [0.05, 0.1) is 0 Å². The van der Waals surface area contributed by atoms with Gasteiger partial charge in [-0.15, -0.1) is 0 Å². The topological polar surface area (TPSA) is 38.9 Å². The molecule has 2 heteroatoms. The third-order valence-electron chi connectivity index (χ3n) is 2.80. The molecule has 1 heterocycles. The summed E-state index contributed by atoms with van der Waals surface area (Å²) in [6, 6.07) is 8.33. The average Bonchev–Trinajstić information content (AvgIpc) is 2.29. The van der Waals surface area contributed by atoms with Gasteiger partial charge in [0, 0.05) is 29.4 Å². The van der Waals surface area contributed by atoms with Crippen molar-refractivity contribution in [1.29, 1.82) is 0 Å². The van der Waals surface area contributed by atoms with Crippen LogP contribution in [0.3, 0.4) is 0 Å². The molecule has 2 nitrogen and oxygen atoms in total. The van der Waals surface area contributed by atoms with Crippen molar-refractivity contribution in [3.05, 3.63) is 47.8 Å². The van der Waals surface area contributed by atoms with Gasteiger partial charge in [0.25, 0.3) is 0 Å². The first-order valence-electron chi connectivity index (χ1n) is 5.45. The number of hydrogen-bond acceptors (Lipinski definition) is 2. The first kappa shape index (κ1) is 10.8. The van der Waals surface area contributed by atoms with Crippen LogP contribution < -0.4 is 5.73 Å². The molecule has 1 aromatic carbocycles. The molecule has 0 radical (unpaired) electrons. The van der Waals surface area contributed by atoms with Crippen LogP contribution in [0.1, 0.15) is 19.4 Å². The molecule has 1 aromatic heterocycles. The van der Waals surface area contributed by atoms with E-state index in [4.69, 9.17) is 5.73 Å². The molecule has 16 heavy (non-hydrogen) atoms. The summed E-state index contributed by atoms with van der Waals surface area (Å²) < 4.78 is 0. The van der Waals surface area contributed by atoms with Gasteiger partial charge < -0.3 is 5.73 Å². The maximum atomic E-state index is 5.84. The van der Waals surface area contributed by atoms with Gasteiger partial charge in [0.15, 0.2) is 0 Å². The van der Waals surface area contributed by atoms with Crippen molar-refractivity contribution in [3.8, 4) is 0 Å². The minimum absolute atomic E-state index is 0.0824. The number of pyridine rings is 1. The second-order valence-corrected chi connectivity index (χ2v) is 4.13. The molecular formula is C14H16N2. The number of fused-ring (bicyclic) bond motifs is 1. The Hall–Kier alpha value is -1.67. The summed E-state index contributed by atoms with van der Waals surface area (Å²) in [5, 5.41) is 2.38. The quantitative estimate of drug-likeness (QED) is 0.831. The van der Waals surface area contributed by atoms with E-state index in [2.05, 4.69) is 23.2 Å². The molecule has 0 fully saturated rings. The number of rotatable bonds is 2. The van der Waals surface area contributed by atoms with Gasteiger partial charge in [-0.2, -0.15) is 0 Å². The van der Waals surface area contributed by atoms with Crippen LogP contribution in [0.2, 0.25) is 0 Å². The first-order valence-corrected chi connectivity index (χ1v) is 5.45. The van der Waals surface area contributed by atoms with E-state index in [1.807, 2.05) is 38.4 Å². The van der Waals surface area contributed by atoms with E-state index in [1.54, 1.807) is 0 Å². The van der Waals surface area contributed by atoms with E-state index in [-0.39, 0.29) is 6.04 Å². The van der Waals surface area contributed by atoms with Crippen molar-refractivity contribution in [2.75, 3.05) is 0 Å². The monoisotopic (exact) mass is 212 g/mol. The van der Waals surface area contributed by atoms with Gasteiger partial charge in [-0.1, -0.05) is 35.9 Å². The van der Waals surface area contributed by atoms with E-state index >= 15 is 0 Å². The smallest absolute Gasteiger partial charge is 0.0346 e. The van der Waals surface area contributed by atoms with Gasteiger partial charge in [0.1, 0.15) is 0 Å². The van der Waals surface area contributed by atoms with E-state index in [0.29, 0.717) is 0 Å². The minimum atomic E-state index is 0.0824. The second kappa shape index (κ2) is 4.45. The highest BCUT2D eigenvalue weighted by molar-refractivity contribution is 5.89.